The summed E-state index contributed by atoms with van der Waals surface area (Å²) in [6.07, 6.45) is 4.23. The second kappa shape index (κ2) is 8.80. The number of sulfonamides is 1. The molecular formula is C18H24N2O7S2. The minimum Gasteiger partial charge on any atom is -0.452 e. The number of carbonyl (C=O) groups is 2. The van der Waals surface area contributed by atoms with Gasteiger partial charge in [-0.1, -0.05) is 12.8 Å². The van der Waals surface area contributed by atoms with Gasteiger partial charge in [0.05, 0.1) is 22.0 Å². The highest BCUT2D eigenvalue weighted by Gasteiger charge is 2.31. The third kappa shape index (κ3) is 6.00. The molecule has 2 fully saturated rings. The van der Waals surface area contributed by atoms with Crippen molar-refractivity contribution >= 4 is 31.7 Å². The summed E-state index contributed by atoms with van der Waals surface area (Å²) < 4.78 is 55.1. The molecule has 2 aliphatic rings. The van der Waals surface area contributed by atoms with Crippen LogP contribution in [0, 0.1) is 0 Å². The van der Waals surface area contributed by atoms with E-state index in [0.717, 1.165) is 25.7 Å². The molecule has 1 aromatic rings. The average molecular weight is 445 g/mol. The Morgan fingerprint density at radius 1 is 1.03 bits per heavy atom. The second-order valence-corrected chi connectivity index (χ2v) is 11.3. The topological polar surface area (TPSA) is 136 Å². The van der Waals surface area contributed by atoms with E-state index in [1.807, 2.05) is 0 Å². The molecule has 0 spiro atoms. The van der Waals surface area contributed by atoms with Gasteiger partial charge in [0.1, 0.15) is 0 Å². The van der Waals surface area contributed by atoms with Crippen LogP contribution in [0.15, 0.2) is 29.2 Å². The molecule has 160 valence electrons. The standard InChI is InChI=1S/C18H24N2O7S2/c21-17(19-14-3-1-2-4-14)11-27-18(22)13-5-7-16(8-6-13)29(25,26)20-15-9-10-28(23,24)12-15/h5-8,14-15,20H,1-4,9-12H2,(H,19,21). The minimum absolute atomic E-state index is 0.0424. The molecule has 0 bridgehead atoms. The molecule has 1 unspecified atom stereocenters. The van der Waals surface area contributed by atoms with Gasteiger partial charge in [0, 0.05) is 12.1 Å². The Hall–Kier alpha value is -1.98. The highest BCUT2D eigenvalue weighted by molar-refractivity contribution is 7.92. The van der Waals surface area contributed by atoms with E-state index in [2.05, 4.69) is 10.0 Å². The summed E-state index contributed by atoms with van der Waals surface area (Å²) >= 11 is 0. The van der Waals surface area contributed by atoms with Crippen molar-refractivity contribution in [1.29, 1.82) is 0 Å². The maximum absolute atomic E-state index is 12.4. The molecule has 1 aromatic carbocycles. The lowest BCUT2D eigenvalue weighted by Crippen LogP contribution is -2.36. The summed E-state index contributed by atoms with van der Waals surface area (Å²) in [7, 11) is -7.12. The first kappa shape index (κ1) is 21.7. The van der Waals surface area contributed by atoms with E-state index in [1.54, 1.807) is 0 Å². The Balaban J connectivity index is 1.53. The van der Waals surface area contributed by atoms with E-state index in [4.69, 9.17) is 4.74 Å². The first-order valence-electron chi connectivity index (χ1n) is 9.44. The molecule has 9 nitrogen and oxygen atoms in total. The Kier molecular flexibility index (Phi) is 6.59. The molecule has 29 heavy (non-hydrogen) atoms. The van der Waals surface area contributed by atoms with Crippen molar-refractivity contribution in [2.45, 2.75) is 49.1 Å². The van der Waals surface area contributed by atoms with Crippen LogP contribution in [0.5, 0.6) is 0 Å². The zero-order chi connectivity index (χ0) is 21.1. The Morgan fingerprint density at radius 3 is 2.28 bits per heavy atom. The van der Waals surface area contributed by atoms with E-state index in [1.165, 1.54) is 24.3 Å². The van der Waals surface area contributed by atoms with Crippen LogP contribution < -0.4 is 10.0 Å². The molecule has 0 radical (unpaired) electrons. The number of hydrogen-bond acceptors (Lipinski definition) is 7. The average Bonchev–Trinajstić information content (AvgIpc) is 3.28. The van der Waals surface area contributed by atoms with Crippen LogP contribution in [-0.2, 0) is 29.4 Å². The number of hydrogen-bond donors (Lipinski definition) is 2. The van der Waals surface area contributed by atoms with Gasteiger partial charge in [-0.15, -0.1) is 0 Å². The summed E-state index contributed by atoms with van der Waals surface area (Å²) in [5, 5.41) is 2.81. The smallest absolute Gasteiger partial charge is 0.338 e. The first-order valence-corrected chi connectivity index (χ1v) is 12.7. The van der Waals surface area contributed by atoms with Crippen LogP contribution in [0.1, 0.15) is 42.5 Å². The van der Waals surface area contributed by atoms with Crippen molar-refractivity contribution in [3.05, 3.63) is 29.8 Å². The molecule has 0 aromatic heterocycles. The number of carbonyl (C=O) groups excluding carboxylic acids is 2. The monoisotopic (exact) mass is 444 g/mol. The summed E-state index contributed by atoms with van der Waals surface area (Å²) in [6, 6.07) is 4.53. The molecule has 1 atom stereocenters. The number of esters is 1. The molecule has 1 aliphatic carbocycles. The van der Waals surface area contributed by atoms with Crippen molar-refractivity contribution < 1.29 is 31.2 Å². The zero-order valence-electron chi connectivity index (χ0n) is 15.8. The summed E-state index contributed by atoms with van der Waals surface area (Å²) in [5.41, 5.74) is 0.112. The number of sulfone groups is 1. The van der Waals surface area contributed by atoms with E-state index in [0.29, 0.717) is 0 Å². The van der Waals surface area contributed by atoms with Gasteiger partial charge in [-0.3, -0.25) is 4.79 Å². The van der Waals surface area contributed by atoms with Crippen molar-refractivity contribution in [2.75, 3.05) is 18.1 Å². The number of nitrogens with one attached hydrogen (secondary N) is 2. The van der Waals surface area contributed by atoms with Crippen LogP contribution in [0.2, 0.25) is 0 Å². The molecule has 1 saturated heterocycles. The van der Waals surface area contributed by atoms with Gasteiger partial charge in [-0.2, -0.15) is 0 Å². The normalized spacial score (nSPS) is 21.7. The molecule has 1 heterocycles. The third-order valence-corrected chi connectivity index (χ3v) is 8.31. The number of ether oxygens (including phenoxy) is 1. The fourth-order valence-electron chi connectivity index (χ4n) is 3.50. The van der Waals surface area contributed by atoms with E-state index < -0.39 is 38.5 Å². The maximum Gasteiger partial charge on any atom is 0.338 e. The van der Waals surface area contributed by atoms with E-state index in [9.17, 15) is 26.4 Å². The number of benzene rings is 1. The maximum atomic E-state index is 12.4. The van der Waals surface area contributed by atoms with Gasteiger partial charge >= 0.3 is 5.97 Å². The van der Waals surface area contributed by atoms with Crippen LogP contribution in [-0.4, -0.2) is 58.9 Å². The molecule has 1 aliphatic heterocycles. The largest absolute Gasteiger partial charge is 0.452 e. The molecule has 2 N–H and O–H groups in total. The highest BCUT2D eigenvalue weighted by atomic mass is 32.2. The Labute approximate surface area is 170 Å². The summed E-state index contributed by atoms with van der Waals surface area (Å²) in [5.74, 6) is -1.36. The van der Waals surface area contributed by atoms with Gasteiger partial charge in [-0.25, -0.2) is 26.4 Å². The molecule has 3 rings (SSSR count). The third-order valence-electron chi connectivity index (χ3n) is 5.01. The van der Waals surface area contributed by atoms with Crippen LogP contribution in [0.4, 0.5) is 0 Å². The lowest BCUT2D eigenvalue weighted by Gasteiger charge is -2.13. The fourth-order valence-corrected chi connectivity index (χ4v) is 6.55. The predicted molar refractivity (Wildman–Crippen MR) is 105 cm³/mol. The molecule has 11 heteroatoms. The first-order chi connectivity index (χ1) is 13.6. The SMILES string of the molecule is O=C(COC(=O)c1ccc(S(=O)(=O)NC2CCS(=O)(=O)C2)cc1)NC1CCCC1. The van der Waals surface area contributed by atoms with Gasteiger partial charge in [0.15, 0.2) is 16.4 Å². The van der Waals surface area contributed by atoms with Crippen molar-refractivity contribution in [3.63, 3.8) is 0 Å². The number of amides is 1. The minimum atomic E-state index is -3.91. The van der Waals surface area contributed by atoms with E-state index in [-0.39, 0.29) is 40.3 Å². The zero-order valence-corrected chi connectivity index (χ0v) is 17.4. The van der Waals surface area contributed by atoms with Crippen LogP contribution in [0.3, 0.4) is 0 Å². The highest BCUT2D eigenvalue weighted by Crippen LogP contribution is 2.18. The van der Waals surface area contributed by atoms with Gasteiger partial charge in [0.2, 0.25) is 10.0 Å². The molecular weight excluding hydrogens is 420 g/mol. The van der Waals surface area contributed by atoms with E-state index >= 15 is 0 Å². The van der Waals surface area contributed by atoms with Crippen molar-refractivity contribution in [1.82, 2.24) is 10.0 Å². The quantitative estimate of drug-likeness (QED) is 0.580. The summed E-state index contributed by atoms with van der Waals surface area (Å²) in [4.78, 5) is 23.8. The predicted octanol–water partition coefficient (Wildman–Crippen LogP) is 0.368. The molecule has 1 saturated carbocycles. The molecule has 1 amide bonds. The number of rotatable bonds is 7. The van der Waals surface area contributed by atoms with Crippen LogP contribution in [0.25, 0.3) is 0 Å². The Morgan fingerprint density at radius 2 is 1.69 bits per heavy atom. The fraction of sp³-hybridized carbons (Fsp3) is 0.556. The Bertz CT molecular complexity index is 966. The lowest BCUT2D eigenvalue weighted by atomic mass is 10.2. The second-order valence-electron chi connectivity index (χ2n) is 7.37. The van der Waals surface area contributed by atoms with Crippen molar-refractivity contribution in [2.24, 2.45) is 0 Å². The van der Waals surface area contributed by atoms with Gasteiger partial charge in [0.25, 0.3) is 5.91 Å². The van der Waals surface area contributed by atoms with Gasteiger partial charge < -0.3 is 10.1 Å². The van der Waals surface area contributed by atoms with Crippen LogP contribution >= 0.6 is 0 Å². The van der Waals surface area contributed by atoms with Gasteiger partial charge in [-0.05, 0) is 43.5 Å². The van der Waals surface area contributed by atoms with Crippen molar-refractivity contribution in [3.8, 4) is 0 Å². The lowest BCUT2D eigenvalue weighted by molar-refractivity contribution is -0.124. The summed E-state index contributed by atoms with van der Waals surface area (Å²) in [6.45, 7) is -0.396.